The molecule has 2 rings (SSSR count). The van der Waals surface area contributed by atoms with Gasteiger partial charge in [0.1, 0.15) is 10.8 Å². The molecule has 24 heavy (non-hydrogen) atoms. The number of hydrogen-bond donors (Lipinski definition) is 0. The molecule has 0 aliphatic carbocycles. The van der Waals surface area contributed by atoms with E-state index < -0.39 is 5.91 Å². The fraction of sp³-hybridized carbons (Fsp3) is 0.444. The maximum absolute atomic E-state index is 12.5. The lowest BCUT2D eigenvalue weighted by Crippen LogP contribution is -2.32. The molecular weight excluding hydrogens is 330 g/mol. The quantitative estimate of drug-likeness (QED) is 0.533. The van der Waals surface area contributed by atoms with Gasteiger partial charge in [0.2, 0.25) is 0 Å². The van der Waals surface area contributed by atoms with Gasteiger partial charge in [0.05, 0.1) is 11.7 Å². The number of rotatable bonds is 8. The molecule has 2 amide bonds. The van der Waals surface area contributed by atoms with E-state index in [4.69, 9.17) is 21.1 Å². The molecule has 0 radical (unpaired) electrons. The molecule has 1 aliphatic heterocycles. The molecule has 0 bridgehead atoms. The molecule has 0 unspecified atom stereocenters. The highest BCUT2D eigenvalue weighted by Gasteiger charge is 2.37. The van der Waals surface area contributed by atoms with Gasteiger partial charge in [-0.15, -0.1) is 0 Å². The lowest BCUT2D eigenvalue weighted by atomic mass is 10.1. The van der Waals surface area contributed by atoms with Crippen molar-refractivity contribution >= 4 is 29.0 Å². The average Bonchev–Trinajstić information content (AvgIpc) is 2.75. The molecule has 1 aromatic rings. The minimum atomic E-state index is -0.448. The zero-order valence-corrected chi connectivity index (χ0v) is 14.9. The van der Waals surface area contributed by atoms with Gasteiger partial charge in [-0.3, -0.25) is 14.5 Å². The maximum atomic E-state index is 12.5. The molecule has 1 aromatic carbocycles. The Bertz CT molecular complexity index is 637. The van der Waals surface area contributed by atoms with E-state index in [0.29, 0.717) is 37.5 Å². The van der Waals surface area contributed by atoms with Crippen molar-refractivity contribution in [3.63, 3.8) is 0 Å². The first-order valence-electron chi connectivity index (χ1n) is 8.06. The number of amides is 2. The lowest BCUT2D eigenvalue weighted by Gasteiger charge is -2.14. The zero-order chi connectivity index (χ0) is 17.7. The van der Waals surface area contributed by atoms with E-state index in [9.17, 15) is 9.59 Å². The van der Waals surface area contributed by atoms with Crippen LogP contribution in [0.15, 0.2) is 29.3 Å². The van der Waals surface area contributed by atoms with E-state index in [1.54, 1.807) is 24.3 Å². The molecule has 0 saturated carbocycles. The van der Waals surface area contributed by atoms with Crippen LogP contribution < -0.4 is 4.74 Å². The minimum absolute atomic E-state index is 0.0334. The number of benzene rings is 1. The van der Waals surface area contributed by atoms with Crippen LogP contribution in [0.5, 0.6) is 5.75 Å². The van der Waals surface area contributed by atoms with Gasteiger partial charge in [0.25, 0.3) is 11.8 Å². The predicted molar refractivity (Wildman–Crippen MR) is 92.8 cm³/mol. The van der Waals surface area contributed by atoms with Gasteiger partial charge in [-0.05, 0) is 44.9 Å². The van der Waals surface area contributed by atoms with Crippen molar-refractivity contribution in [3.8, 4) is 5.75 Å². The van der Waals surface area contributed by atoms with Gasteiger partial charge >= 0.3 is 0 Å². The Hall–Kier alpha value is -1.85. The Labute approximate surface area is 147 Å². The zero-order valence-electron chi connectivity index (χ0n) is 14.2. The van der Waals surface area contributed by atoms with Crippen LogP contribution in [0.3, 0.4) is 0 Å². The van der Waals surface area contributed by atoms with Crippen LogP contribution in [-0.2, 0) is 14.3 Å². The minimum Gasteiger partial charge on any atom is -0.491 e. The van der Waals surface area contributed by atoms with E-state index in [2.05, 4.69) is 0 Å². The Morgan fingerprint density at radius 2 is 1.79 bits per heavy atom. The highest BCUT2D eigenvalue weighted by molar-refractivity contribution is 6.55. The highest BCUT2D eigenvalue weighted by atomic mass is 35.5. The summed E-state index contributed by atoms with van der Waals surface area (Å²) >= 11 is 6.12. The standard InChI is InChI=1S/C18H22ClNO4/c1-4-23-11-5-10-20-17(21)15(16(19)18(20)22)13-6-8-14(9-7-13)24-12(2)3/h6-9,12H,4-5,10-11H2,1-3H3. The van der Waals surface area contributed by atoms with E-state index in [1.165, 1.54) is 4.90 Å². The molecule has 0 spiro atoms. The molecule has 0 saturated heterocycles. The van der Waals surface area contributed by atoms with Crippen LogP contribution in [0.25, 0.3) is 5.57 Å². The summed E-state index contributed by atoms with van der Waals surface area (Å²) in [5, 5.41) is -0.0334. The molecule has 1 aliphatic rings. The first-order valence-corrected chi connectivity index (χ1v) is 8.44. The van der Waals surface area contributed by atoms with Gasteiger partial charge in [-0.25, -0.2) is 0 Å². The number of halogens is 1. The van der Waals surface area contributed by atoms with Crippen LogP contribution in [0.4, 0.5) is 0 Å². The monoisotopic (exact) mass is 351 g/mol. The summed E-state index contributed by atoms with van der Waals surface area (Å²) in [7, 11) is 0. The van der Waals surface area contributed by atoms with Crippen LogP contribution >= 0.6 is 11.6 Å². The van der Waals surface area contributed by atoms with Gasteiger partial charge < -0.3 is 9.47 Å². The summed E-state index contributed by atoms with van der Waals surface area (Å²) in [6.45, 7) is 7.18. The van der Waals surface area contributed by atoms with Crippen molar-refractivity contribution in [3.05, 3.63) is 34.9 Å². The van der Waals surface area contributed by atoms with Gasteiger partial charge in [-0.1, -0.05) is 23.7 Å². The fourth-order valence-electron chi connectivity index (χ4n) is 2.44. The molecule has 0 atom stereocenters. The molecule has 0 N–H and O–H groups in total. The smallest absolute Gasteiger partial charge is 0.273 e. The average molecular weight is 352 g/mol. The third-order valence-electron chi connectivity index (χ3n) is 3.50. The second-order valence-electron chi connectivity index (χ2n) is 5.69. The number of nitrogens with zero attached hydrogens (tertiary/aromatic N) is 1. The Morgan fingerprint density at radius 3 is 2.38 bits per heavy atom. The van der Waals surface area contributed by atoms with Gasteiger partial charge in [0.15, 0.2) is 0 Å². The number of hydrogen-bond acceptors (Lipinski definition) is 4. The Kier molecular flexibility index (Phi) is 6.40. The third-order valence-corrected chi connectivity index (χ3v) is 3.85. The van der Waals surface area contributed by atoms with Crippen LogP contribution in [0, 0.1) is 0 Å². The largest absolute Gasteiger partial charge is 0.491 e. The van der Waals surface area contributed by atoms with Gasteiger partial charge in [-0.2, -0.15) is 0 Å². The summed E-state index contributed by atoms with van der Waals surface area (Å²) in [5.74, 6) is -0.106. The summed E-state index contributed by atoms with van der Waals surface area (Å²) in [5.41, 5.74) is 0.857. The first kappa shape index (κ1) is 18.5. The topological polar surface area (TPSA) is 55.8 Å². The number of carbonyl (C=O) groups excluding carboxylic acids is 2. The second kappa shape index (κ2) is 8.31. The summed E-state index contributed by atoms with van der Waals surface area (Å²) in [6, 6.07) is 7.01. The van der Waals surface area contributed by atoms with E-state index >= 15 is 0 Å². The Morgan fingerprint density at radius 1 is 1.12 bits per heavy atom. The predicted octanol–water partition coefficient (Wildman–Crippen LogP) is 3.22. The van der Waals surface area contributed by atoms with Crippen LogP contribution in [-0.4, -0.2) is 42.6 Å². The van der Waals surface area contributed by atoms with Crippen molar-refractivity contribution in [2.75, 3.05) is 19.8 Å². The van der Waals surface area contributed by atoms with Crippen molar-refractivity contribution in [1.29, 1.82) is 0 Å². The summed E-state index contributed by atoms with van der Waals surface area (Å²) in [4.78, 5) is 25.9. The number of ether oxygens (including phenoxy) is 2. The van der Waals surface area contributed by atoms with Gasteiger partial charge in [0, 0.05) is 19.8 Å². The molecule has 0 fully saturated rings. The highest BCUT2D eigenvalue weighted by Crippen LogP contribution is 2.32. The number of carbonyl (C=O) groups is 2. The Balaban J connectivity index is 2.12. The molecule has 0 aromatic heterocycles. The fourth-order valence-corrected chi connectivity index (χ4v) is 2.73. The molecule has 130 valence electrons. The SMILES string of the molecule is CCOCCCN1C(=O)C(Cl)=C(c2ccc(OC(C)C)cc2)C1=O. The van der Waals surface area contributed by atoms with Crippen molar-refractivity contribution in [2.24, 2.45) is 0 Å². The molecule has 1 heterocycles. The normalized spacial score (nSPS) is 15.0. The molecule has 5 nitrogen and oxygen atoms in total. The first-order chi connectivity index (χ1) is 11.5. The molecule has 6 heteroatoms. The van der Waals surface area contributed by atoms with Crippen molar-refractivity contribution in [1.82, 2.24) is 4.90 Å². The van der Waals surface area contributed by atoms with Crippen LogP contribution in [0.1, 0.15) is 32.8 Å². The van der Waals surface area contributed by atoms with E-state index in [0.717, 1.165) is 0 Å². The summed E-state index contributed by atoms with van der Waals surface area (Å²) < 4.78 is 10.8. The number of imide groups is 1. The van der Waals surface area contributed by atoms with Crippen LogP contribution in [0.2, 0.25) is 0 Å². The van der Waals surface area contributed by atoms with Crippen molar-refractivity contribution in [2.45, 2.75) is 33.3 Å². The van der Waals surface area contributed by atoms with E-state index in [-0.39, 0.29) is 22.6 Å². The lowest BCUT2D eigenvalue weighted by molar-refractivity contribution is -0.136. The maximum Gasteiger partial charge on any atom is 0.273 e. The second-order valence-corrected chi connectivity index (χ2v) is 6.07. The molecular formula is C18H22ClNO4. The third kappa shape index (κ3) is 4.16. The summed E-state index contributed by atoms with van der Waals surface area (Å²) in [6.07, 6.45) is 0.651. The van der Waals surface area contributed by atoms with E-state index in [1.807, 2.05) is 20.8 Å². The van der Waals surface area contributed by atoms with Crippen molar-refractivity contribution < 1.29 is 19.1 Å².